The molecule has 7 nitrogen and oxygen atoms in total. The fourth-order valence-corrected chi connectivity index (χ4v) is 3.88. The molecule has 0 bridgehead atoms. The van der Waals surface area contributed by atoms with Crippen LogP contribution in [0.1, 0.15) is 39.2 Å². The van der Waals surface area contributed by atoms with Crippen molar-refractivity contribution in [2.45, 2.75) is 13.0 Å². The summed E-state index contributed by atoms with van der Waals surface area (Å²) in [5.74, 6) is -0.822. The molecule has 32 heavy (non-hydrogen) atoms. The summed E-state index contributed by atoms with van der Waals surface area (Å²) in [6.07, 6.45) is 1.00. The minimum Gasteiger partial charge on any atom is -0.345 e. The van der Waals surface area contributed by atoms with Crippen LogP contribution in [0.5, 0.6) is 0 Å². The standard InChI is InChI=1S/C23H22ClN3O4S/c1-15(16-8-4-3-5-9-16)25-23(29)18-10-6-7-11-20(18)26-22(28)17-12-13-21(19(24)14-17)27-32(2,30)31/h3-15,27H,1-2H3,(H,25,29)(H,26,28)/t15-/m0/s1. The summed E-state index contributed by atoms with van der Waals surface area (Å²) in [6.45, 7) is 1.88. The fourth-order valence-electron chi connectivity index (χ4n) is 3.02. The number of benzene rings is 3. The van der Waals surface area contributed by atoms with Crippen molar-refractivity contribution in [3.8, 4) is 0 Å². The van der Waals surface area contributed by atoms with E-state index < -0.39 is 15.9 Å². The summed E-state index contributed by atoms with van der Waals surface area (Å²) in [5.41, 5.74) is 1.98. The summed E-state index contributed by atoms with van der Waals surface area (Å²) >= 11 is 6.11. The van der Waals surface area contributed by atoms with Crippen LogP contribution in [-0.4, -0.2) is 26.5 Å². The third kappa shape index (κ3) is 6.09. The highest BCUT2D eigenvalue weighted by atomic mass is 35.5. The van der Waals surface area contributed by atoms with Gasteiger partial charge < -0.3 is 10.6 Å². The third-order valence-electron chi connectivity index (χ3n) is 4.59. The maximum absolute atomic E-state index is 12.9. The molecular formula is C23H22ClN3O4S. The lowest BCUT2D eigenvalue weighted by Crippen LogP contribution is -2.28. The molecule has 0 heterocycles. The first-order valence-electron chi connectivity index (χ1n) is 9.67. The second-order valence-electron chi connectivity index (χ2n) is 7.17. The van der Waals surface area contributed by atoms with Crippen LogP contribution in [0, 0.1) is 0 Å². The quantitative estimate of drug-likeness (QED) is 0.473. The number of rotatable bonds is 7. The van der Waals surface area contributed by atoms with E-state index in [1.54, 1.807) is 24.3 Å². The van der Waals surface area contributed by atoms with Crippen LogP contribution in [-0.2, 0) is 10.0 Å². The Labute approximate surface area is 191 Å². The van der Waals surface area contributed by atoms with Crippen LogP contribution in [0.2, 0.25) is 5.02 Å². The van der Waals surface area contributed by atoms with E-state index in [1.807, 2.05) is 37.3 Å². The van der Waals surface area contributed by atoms with Gasteiger partial charge in [0.05, 0.1) is 34.3 Å². The topological polar surface area (TPSA) is 104 Å². The summed E-state index contributed by atoms with van der Waals surface area (Å²) in [7, 11) is -3.51. The van der Waals surface area contributed by atoms with E-state index in [4.69, 9.17) is 11.6 Å². The van der Waals surface area contributed by atoms with Gasteiger partial charge in [-0.2, -0.15) is 0 Å². The van der Waals surface area contributed by atoms with Crippen LogP contribution in [0.3, 0.4) is 0 Å². The zero-order valence-electron chi connectivity index (χ0n) is 17.4. The Hall–Kier alpha value is -3.36. The van der Waals surface area contributed by atoms with E-state index in [2.05, 4.69) is 15.4 Å². The first-order chi connectivity index (χ1) is 15.1. The van der Waals surface area contributed by atoms with Crippen LogP contribution < -0.4 is 15.4 Å². The fraction of sp³-hybridized carbons (Fsp3) is 0.130. The molecule has 1 atom stereocenters. The minimum absolute atomic E-state index is 0.0748. The molecular weight excluding hydrogens is 450 g/mol. The normalized spacial score (nSPS) is 12.0. The number of hydrogen-bond acceptors (Lipinski definition) is 4. The SMILES string of the molecule is C[C@H](NC(=O)c1ccccc1NC(=O)c1ccc(NS(C)(=O)=O)c(Cl)c1)c1ccccc1. The van der Waals surface area contributed by atoms with Crippen LogP contribution in [0.15, 0.2) is 72.8 Å². The van der Waals surface area contributed by atoms with Crippen molar-refractivity contribution in [2.24, 2.45) is 0 Å². The van der Waals surface area contributed by atoms with E-state index in [1.165, 1.54) is 18.2 Å². The van der Waals surface area contributed by atoms with Gasteiger partial charge in [0.1, 0.15) is 0 Å². The molecule has 3 N–H and O–H groups in total. The number of carbonyl (C=O) groups excluding carboxylic acids is 2. The van der Waals surface area contributed by atoms with Crippen molar-refractivity contribution < 1.29 is 18.0 Å². The lowest BCUT2D eigenvalue weighted by molar-refractivity contribution is 0.0940. The molecule has 166 valence electrons. The predicted molar refractivity (Wildman–Crippen MR) is 127 cm³/mol. The highest BCUT2D eigenvalue weighted by Crippen LogP contribution is 2.25. The third-order valence-corrected chi connectivity index (χ3v) is 5.50. The van der Waals surface area contributed by atoms with Crippen molar-refractivity contribution in [1.29, 1.82) is 0 Å². The Morgan fingerprint density at radius 2 is 1.53 bits per heavy atom. The number of anilines is 2. The monoisotopic (exact) mass is 471 g/mol. The average Bonchev–Trinajstić information content (AvgIpc) is 2.75. The number of halogens is 1. The van der Waals surface area contributed by atoms with Crippen molar-refractivity contribution in [3.63, 3.8) is 0 Å². The molecule has 2 amide bonds. The molecule has 3 aromatic rings. The molecule has 0 fully saturated rings. The molecule has 0 aromatic heterocycles. The van der Waals surface area contributed by atoms with Gasteiger partial charge in [0.15, 0.2) is 0 Å². The van der Waals surface area contributed by atoms with Crippen molar-refractivity contribution >= 4 is 44.8 Å². The van der Waals surface area contributed by atoms with Gasteiger partial charge in [-0.15, -0.1) is 0 Å². The number of carbonyl (C=O) groups is 2. The van der Waals surface area contributed by atoms with E-state index >= 15 is 0 Å². The van der Waals surface area contributed by atoms with Crippen LogP contribution in [0.25, 0.3) is 0 Å². The van der Waals surface area contributed by atoms with Crippen molar-refractivity contribution in [2.75, 3.05) is 16.3 Å². The lowest BCUT2D eigenvalue weighted by atomic mass is 10.1. The Kier molecular flexibility index (Phi) is 7.17. The number of sulfonamides is 1. The predicted octanol–water partition coefficient (Wildman–Crippen LogP) is 4.45. The largest absolute Gasteiger partial charge is 0.345 e. The molecule has 0 unspecified atom stereocenters. The minimum atomic E-state index is -3.51. The molecule has 0 aliphatic heterocycles. The number of para-hydroxylation sites is 1. The molecule has 0 saturated carbocycles. The number of hydrogen-bond donors (Lipinski definition) is 3. The molecule has 3 rings (SSSR count). The van der Waals surface area contributed by atoms with Gasteiger partial charge in [-0.1, -0.05) is 54.1 Å². The van der Waals surface area contributed by atoms with Crippen molar-refractivity contribution in [3.05, 3.63) is 94.5 Å². The highest BCUT2D eigenvalue weighted by Gasteiger charge is 2.17. The summed E-state index contributed by atoms with van der Waals surface area (Å²) < 4.78 is 25.1. The molecule has 0 aliphatic carbocycles. The van der Waals surface area contributed by atoms with E-state index in [0.717, 1.165) is 11.8 Å². The number of nitrogens with one attached hydrogen (secondary N) is 3. The molecule has 0 saturated heterocycles. The number of amides is 2. The molecule has 9 heteroatoms. The van der Waals surface area contributed by atoms with Gasteiger partial charge in [0.2, 0.25) is 10.0 Å². The van der Waals surface area contributed by atoms with Gasteiger partial charge in [0, 0.05) is 5.56 Å². The maximum Gasteiger partial charge on any atom is 0.255 e. The lowest BCUT2D eigenvalue weighted by Gasteiger charge is -2.16. The zero-order valence-corrected chi connectivity index (χ0v) is 19.0. The second kappa shape index (κ2) is 9.84. The summed E-state index contributed by atoms with van der Waals surface area (Å²) in [6, 6.07) is 20.2. The molecule has 3 aromatic carbocycles. The van der Waals surface area contributed by atoms with Gasteiger partial charge in [-0.25, -0.2) is 8.42 Å². The Morgan fingerprint density at radius 1 is 0.875 bits per heavy atom. The Morgan fingerprint density at radius 3 is 2.19 bits per heavy atom. The zero-order chi connectivity index (χ0) is 23.3. The second-order valence-corrected chi connectivity index (χ2v) is 9.33. The molecule has 0 spiro atoms. The first-order valence-corrected chi connectivity index (χ1v) is 11.9. The summed E-state index contributed by atoms with van der Waals surface area (Å²) in [4.78, 5) is 25.6. The molecule has 0 radical (unpaired) electrons. The highest BCUT2D eigenvalue weighted by molar-refractivity contribution is 7.92. The smallest absolute Gasteiger partial charge is 0.255 e. The Balaban J connectivity index is 1.76. The van der Waals surface area contributed by atoms with Crippen LogP contribution in [0.4, 0.5) is 11.4 Å². The Bertz CT molecular complexity index is 1250. The molecule has 0 aliphatic rings. The van der Waals surface area contributed by atoms with E-state index in [-0.39, 0.29) is 28.2 Å². The van der Waals surface area contributed by atoms with Gasteiger partial charge in [-0.05, 0) is 42.8 Å². The van der Waals surface area contributed by atoms with Gasteiger partial charge in [-0.3, -0.25) is 14.3 Å². The van der Waals surface area contributed by atoms with Crippen molar-refractivity contribution in [1.82, 2.24) is 5.32 Å². The average molecular weight is 472 g/mol. The van der Waals surface area contributed by atoms with Crippen LogP contribution >= 0.6 is 11.6 Å². The van der Waals surface area contributed by atoms with Gasteiger partial charge >= 0.3 is 0 Å². The maximum atomic E-state index is 12.9. The van der Waals surface area contributed by atoms with E-state index in [0.29, 0.717) is 11.3 Å². The van der Waals surface area contributed by atoms with E-state index in [9.17, 15) is 18.0 Å². The van der Waals surface area contributed by atoms with Gasteiger partial charge in [0.25, 0.3) is 11.8 Å². The first kappa shape index (κ1) is 23.3. The summed E-state index contributed by atoms with van der Waals surface area (Å²) in [5, 5.41) is 5.72.